The number of halogens is 2. The number of fused-ring (bicyclic) bond motifs is 1. The van der Waals surface area contributed by atoms with Gasteiger partial charge in [0.1, 0.15) is 17.4 Å². The maximum absolute atomic E-state index is 13.7. The number of nitrogens with zero attached hydrogens (tertiary/aromatic N) is 3. The number of anilines is 1. The van der Waals surface area contributed by atoms with Crippen molar-refractivity contribution in [2.75, 3.05) is 18.6 Å². The molecule has 2 aromatic carbocycles. The van der Waals surface area contributed by atoms with Gasteiger partial charge < -0.3 is 18.9 Å². The summed E-state index contributed by atoms with van der Waals surface area (Å²) in [6, 6.07) is 8.95. The van der Waals surface area contributed by atoms with E-state index < -0.39 is 5.97 Å². The van der Waals surface area contributed by atoms with Crippen molar-refractivity contribution in [3.05, 3.63) is 62.8 Å². The number of aromatic nitrogens is 2. The van der Waals surface area contributed by atoms with E-state index in [-0.39, 0.29) is 24.0 Å². The van der Waals surface area contributed by atoms with Crippen LogP contribution in [0.25, 0.3) is 21.5 Å². The number of rotatable bonds is 7. The molecule has 3 heterocycles. The maximum atomic E-state index is 13.7. The first-order chi connectivity index (χ1) is 19.8. The van der Waals surface area contributed by atoms with Crippen LogP contribution in [-0.4, -0.2) is 47.9 Å². The molecule has 2 aliphatic rings. The Morgan fingerprint density at radius 2 is 1.90 bits per heavy atom. The summed E-state index contributed by atoms with van der Waals surface area (Å²) in [6.45, 7) is 4.76. The highest BCUT2D eigenvalue weighted by molar-refractivity contribution is 7.22. The van der Waals surface area contributed by atoms with E-state index in [9.17, 15) is 9.59 Å². The molecule has 0 radical (unpaired) electrons. The highest BCUT2D eigenvalue weighted by Gasteiger charge is 2.39. The van der Waals surface area contributed by atoms with Crippen LogP contribution in [0.5, 0.6) is 0 Å². The molecule has 0 amide bonds. The summed E-state index contributed by atoms with van der Waals surface area (Å²) >= 11 is 14.5. The lowest BCUT2D eigenvalue weighted by atomic mass is 9.97. The van der Waals surface area contributed by atoms with Crippen molar-refractivity contribution >= 4 is 61.8 Å². The first kappa shape index (κ1) is 28.0. The number of hydrogen-bond donors (Lipinski definition) is 0. The smallest absolute Gasteiger partial charge is 0.344 e. The number of carbonyl (C=O) groups is 2. The monoisotopic (exact) mass is 613 g/mol. The van der Waals surface area contributed by atoms with E-state index in [2.05, 4.69) is 17.0 Å². The normalized spacial score (nSPS) is 19.0. The van der Waals surface area contributed by atoms with Gasteiger partial charge in [-0.05, 0) is 56.0 Å². The second kappa shape index (κ2) is 11.3. The molecule has 41 heavy (non-hydrogen) atoms. The SMILES string of the molecule is CC[C@@H]1C[C@H](OC(=O)c2c(-c3c(Cl)cccc3Cl)noc2C2CC2)CCN1c1nc2c(C)cc(C(=O)OC)cc2s1. The van der Waals surface area contributed by atoms with Crippen LogP contribution in [0.3, 0.4) is 0 Å². The zero-order valence-electron chi connectivity index (χ0n) is 22.9. The van der Waals surface area contributed by atoms with Crippen LogP contribution in [0.1, 0.15) is 77.0 Å². The van der Waals surface area contributed by atoms with Gasteiger partial charge in [-0.1, -0.05) is 52.7 Å². The van der Waals surface area contributed by atoms with Crippen molar-refractivity contribution in [1.82, 2.24) is 10.1 Å². The minimum Gasteiger partial charge on any atom is -0.465 e. The quantitative estimate of drug-likeness (QED) is 0.195. The zero-order chi connectivity index (χ0) is 28.8. The zero-order valence-corrected chi connectivity index (χ0v) is 25.2. The van der Waals surface area contributed by atoms with Crippen LogP contribution in [0, 0.1) is 6.92 Å². The molecule has 8 nitrogen and oxygen atoms in total. The summed E-state index contributed by atoms with van der Waals surface area (Å²) in [7, 11) is 1.38. The lowest BCUT2D eigenvalue weighted by Crippen LogP contribution is -2.45. The summed E-state index contributed by atoms with van der Waals surface area (Å²) in [4.78, 5) is 33.0. The Labute approximate surface area is 251 Å². The second-order valence-electron chi connectivity index (χ2n) is 10.6. The van der Waals surface area contributed by atoms with Gasteiger partial charge in [-0.3, -0.25) is 0 Å². The van der Waals surface area contributed by atoms with Gasteiger partial charge in [-0.2, -0.15) is 0 Å². The van der Waals surface area contributed by atoms with Gasteiger partial charge in [0.05, 0.1) is 32.9 Å². The molecule has 11 heteroatoms. The molecule has 2 atom stereocenters. The van der Waals surface area contributed by atoms with Gasteiger partial charge in [0.2, 0.25) is 0 Å². The summed E-state index contributed by atoms with van der Waals surface area (Å²) in [5, 5.41) is 5.91. The van der Waals surface area contributed by atoms with E-state index in [1.807, 2.05) is 19.1 Å². The van der Waals surface area contributed by atoms with Gasteiger partial charge in [0.15, 0.2) is 10.9 Å². The van der Waals surface area contributed by atoms with Crippen LogP contribution < -0.4 is 4.90 Å². The number of thiazole rings is 1. The molecule has 1 aliphatic carbocycles. The Hall–Kier alpha value is -3.14. The van der Waals surface area contributed by atoms with E-state index in [0.29, 0.717) is 57.6 Å². The van der Waals surface area contributed by atoms with Crippen molar-refractivity contribution in [1.29, 1.82) is 0 Å². The van der Waals surface area contributed by atoms with Crippen LogP contribution >= 0.6 is 34.5 Å². The van der Waals surface area contributed by atoms with E-state index in [1.54, 1.807) is 29.5 Å². The molecule has 214 valence electrons. The number of esters is 2. The van der Waals surface area contributed by atoms with Crippen molar-refractivity contribution in [3.63, 3.8) is 0 Å². The fraction of sp³-hybridized carbons (Fsp3) is 0.400. The van der Waals surface area contributed by atoms with Gasteiger partial charge in [0.25, 0.3) is 0 Å². The number of piperidine rings is 1. The lowest BCUT2D eigenvalue weighted by Gasteiger charge is -2.38. The van der Waals surface area contributed by atoms with Crippen molar-refractivity contribution in [2.45, 2.75) is 64.0 Å². The second-order valence-corrected chi connectivity index (χ2v) is 12.4. The van der Waals surface area contributed by atoms with Gasteiger partial charge >= 0.3 is 11.9 Å². The Kier molecular flexibility index (Phi) is 7.70. The Morgan fingerprint density at radius 1 is 1.15 bits per heavy atom. The summed E-state index contributed by atoms with van der Waals surface area (Å²) in [5.74, 6) is -0.135. The minimum atomic E-state index is -0.460. The minimum absolute atomic E-state index is 0.130. The van der Waals surface area contributed by atoms with E-state index in [4.69, 9.17) is 42.2 Å². The first-order valence-corrected chi connectivity index (χ1v) is 15.3. The number of methoxy groups -OCH3 is 1. The third-order valence-electron chi connectivity index (χ3n) is 7.82. The highest BCUT2D eigenvalue weighted by atomic mass is 35.5. The molecule has 2 fully saturated rings. The van der Waals surface area contributed by atoms with E-state index in [0.717, 1.165) is 40.2 Å². The molecule has 6 rings (SSSR count). The molecular weight excluding hydrogens is 585 g/mol. The van der Waals surface area contributed by atoms with Crippen LogP contribution in [0.4, 0.5) is 5.13 Å². The first-order valence-electron chi connectivity index (χ1n) is 13.7. The van der Waals surface area contributed by atoms with Crippen LogP contribution in [0.15, 0.2) is 34.9 Å². The number of aryl methyl sites for hydroxylation is 1. The maximum Gasteiger partial charge on any atom is 0.344 e. The van der Waals surface area contributed by atoms with Gasteiger partial charge in [0, 0.05) is 36.9 Å². The third kappa shape index (κ3) is 5.31. The third-order valence-corrected chi connectivity index (χ3v) is 9.49. The molecular formula is C30H29Cl2N3O5S. The van der Waals surface area contributed by atoms with E-state index >= 15 is 0 Å². The number of hydrogen-bond acceptors (Lipinski definition) is 9. The average molecular weight is 615 g/mol. The molecule has 0 bridgehead atoms. The number of carbonyl (C=O) groups excluding carboxylic acids is 2. The highest BCUT2D eigenvalue weighted by Crippen LogP contribution is 2.46. The lowest BCUT2D eigenvalue weighted by molar-refractivity contribution is 0.0206. The topological polar surface area (TPSA) is 94.8 Å². The predicted molar refractivity (Wildman–Crippen MR) is 159 cm³/mol. The van der Waals surface area contributed by atoms with Crippen LogP contribution in [0.2, 0.25) is 10.0 Å². The Bertz CT molecular complexity index is 1630. The summed E-state index contributed by atoms with van der Waals surface area (Å²) in [6.07, 6.45) is 3.77. The number of ether oxygens (including phenoxy) is 2. The fourth-order valence-corrected chi connectivity index (χ4v) is 7.29. The average Bonchev–Trinajstić information content (AvgIpc) is 3.56. The summed E-state index contributed by atoms with van der Waals surface area (Å²) in [5.41, 5.74) is 3.45. The predicted octanol–water partition coefficient (Wildman–Crippen LogP) is 7.83. The van der Waals surface area contributed by atoms with Crippen LogP contribution in [-0.2, 0) is 9.47 Å². The molecule has 1 saturated carbocycles. The number of benzene rings is 2. The molecule has 1 saturated heterocycles. The van der Waals surface area contributed by atoms with E-state index in [1.165, 1.54) is 7.11 Å². The fourth-order valence-electron chi connectivity index (χ4n) is 5.53. The van der Waals surface area contributed by atoms with Crippen molar-refractivity contribution < 1.29 is 23.6 Å². The van der Waals surface area contributed by atoms with Gasteiger partial charge in [-0.25, -0.2) is 14.6 Å². The molecule has 0 unspecified atom stereocenters. The largest absolute Gasteiger partial charge is 0.465 e. The molecule has 0 N–H and O–H groups in total. The van der Waals surface area contributed by atoms with Gasteiger partial charge in [-0.15, -0.1) is 0 Å². The summed E-state index contributed by atoms with van der Waals surface area (Å²) < 4.78 is 17.6. The molecule has 1 aliphatic heterocycles. The standard InChI is InChI=1S/C30H29Cl2N3O5S/c1-4-18-14-19(10-11-35(18)30-33-25-15(2)12-17(28(36)38-3)13-22(25)41-30)39-29(37)24-26(34-40-27(24)16-8-9-16)23-20(31)6-5-7-21(23)32/h5-7,12-13,16,18-19H,4,8-11,14H2,1-3H3/t18-,19-/m1/s1. The Morgan fingerprint density at radius 3 is 2.59 bits per heavy atom. The molecule has 4 aromatic rings. The van der Waals surface area contributed by atoms with Crippen molar-refractivity contribution in [2.24, 2.45) is 0 Å². The van der Waals surface area contributed by atoms with Crippen molar-refractivity contribution in [3.8, 4) is 11.3 Å². The molecule has 0 spiro atoms. The Balaban J connectivity index is 1.23. The molecule has 2 aromatic heterocycles.